The van der Waals surface area contributed by atoms with E-state index in [0.717, 1.165) is 10.5 Å². The molecule has 0 aliphatic heterocycles. The van der Waals surface area contributed by atoms with Gasteiger partial charge in [-0.2, -0.15) is 0 Å². The molecular formula is C19H26N2OS. The number of benzene rings is 1. The Hall–Kier alpha value is -1.55. The van der Waals surface area contributed by atoms with E-state index >= 15 is 0 Å². The molecule has 1 heterocycles. The summed E-state index contributed by atoms with van der Waals surface area (Å²) in [6, 6.07) is 6.60. The molecule has 0 radical (unpaired) electrons. The van der Waals surface area contributed by atoms with Crippen LogP contribution in [0, 0.1) is 26.7 Å². The Bertz CT molecular complexity index is 725. The van der Waals surface area contributed by atoms with Crippen molar-refractivity contribution in [2.75, 3.05) is 5.75 Å². The lowest BCUT2D eigenvalue weighted by Crippen LogP contribution is -2.37. The highest BCUT2D eigenvalue weighted by atomic mass is 32.2. The molecule has 4 heteroatoms. The Balaban J connectivity index is 2.14. The number of hydrogen-bond acceptors (Lipinski definition) is 3. The summed E-state index contributed by atoms with van der Waals surface area (Å²) < 4.78 is 0. The second-order valence-corrected chi connectivity index (χ2v) is 7.64. The fourth-order valence-corrected chi connectivity index (χ4v) is 3.27. The van der Waals surface area contributed by atoms with Gasteiger partial charge in [-0.05, 0) is 56.9 Å². The number of pyridine rings is 1. The summed E-state index contributed by atoms with van der Waals surface area (Å²) >= 11 is 1.50. The molecule has 1 amide bonds. The van der Waals surface area contributed by atoms with Crippen molar-refractivity contribution in [3.8, 4) is 0 Å². The van der Waals surface area contributed by atoms with Crippen LogP contribution in [0.25, 0.3) is 10.9 Å². The van der Waals surface area contributed by atoms with Gasteiger partial charge in [-0.25, -0.2) is 4.98 Å². The molecule has 0 saturated carbocycles. The van der Waals surface area contributed by atoms with Crippen molar-refractivity contribution in [1.29, 1.82) is 0 Å². The van der Waals surface area contributed by atoms with Crippen LogP contribution in [0.15, 0.2) is 23.2 Å². The number of nitrogens with zero attached hydrogens (tertiary/aromatic N) is 1. The second-order valence-electron chi connectivity index (χ2n) is 6.64. The summed E-state index contributed by atoms with van der Waals surface area (Å²) in [6.45, 7) is 12.6. The van der Waals surface area contributed by atoms with Crippen LogP contribution in [0.5, 0.6) is 0 Å². The number of hydrogen-bond donors (Lipinski definition) is 1. The third-order valence-electron chi connectivity index (χ3n) is 4.17. The Morgan fingerprint density at radius 3 is 2.48 bits per heavy atom. The Labute approximate surface area is 143 Å². The molecule has 3 nitrogen and oxygen atoms in total. The van der Waals surface area contributed by atoms with E-state index in [1.807, 2.05) is 6.92 Å². The van der Waals surface area contributed by atoms with Crippen molar-refractivity contribution in [3.63, 3.8) is 0 Å². The van der Waals surface area contributed by atoms with Crippen LogP contribution in [0.4, 0.5) is 0 Å². The number of carbonyl (C=O) groups excluding carboxylic acids is 1. The summed E-state index contributed by atoms with van der Waals surface area (Å²) in [5.41, 5.74) is 4.68. The average Bonchev–Trinajstić information content (AvgIpc) is 2.46. The van der Waals surface area contributed by atoms with Gasteiger partial charge in [0.05, 0.1) is 16.3 Å². The number of carbonyl (C=O) groups is 1. The predicted octanol–water partition coefficient (Wildman–Crippen LogP) is 4.41. The largest absolute Gasteiger partial charge is 0.353 e. The molecule has 0 spiro atoms. The molecule has 0 unspecified atom stereocenters. The summed E-state index contributed by atoms with van der Waals surface area (Å²) in [7, 11) is 0. The number of aromatic nitrogens is 1. The zero-order chi connectivity index (χ0) is 17.1. The molecule has 1 aromatic heterocycles. The van der Waals surface area contributed by atoms with E-state index in [9.17, 15) is 4.79 Å². The van der Waals surface area contributed by atoms with Crippen LogP contribution in [-0.2, 0) is 4.79 Å². The lowest BCUT2D eigenvalue weighted by Gasteiger charge is -2.17. The van der Waals surface area contributed by atoms with Crippen LogP contribution in [-0.4, -0.2) is 22.7 Å². The quantitative estimate of drug-likeness (QED) is 0.826. The molecule has 1 N–H and O–H groups in total. The van der Waals surface area contributed by atoms with E-state index in [1.54, 1.807) is 0 Å². The third-order valence-corrected chi connectivity index (χ3v) is 5.08. The number of thioether (sulfide) groups is 1. The number of amides is 1. The zero-order valence-corrected chi connectivity index (χ0v) is 15.7. The standard InChI is InChI=1S/C19H26N2OS/c1-11(2)15(6)20-17(22)10-23-18-9-13(4)16-8-12(3)7-14(5)19(16)21-18/h7-9,11,15H,10H2,1-6H3,(H,20,22)/t15-/m1/s1. The van der Waals surface area contributed by atoms with E-state index in [1.165, 1.54) is 33.8 Å². The molecule has 23 heavy (non-hydrogen) atoms. The molecule has 0 aliphatic rings. The molecule has 1 aromatic carbocycles. The second kappa shape index (κ2) is 7.35. The van der Waals surface area contributed by atoms with Gasteiger partial charge in [0, 0.05) is 11.4 Å². The van der Waals surface area contributed by atoms with Crippen LogP contribution < -0.4 is 5.32 Å². The van der Waals surface area contributed by atoms with Gasteiger partial charge < -0.3 is 5.32 Å². The van der Waals surface area contributed by atoms with Gasteiger partial charge in [0.15, 0.2) is 0 Å². The van der Waals surface area contributed by atoms with Gasteiger partial charge in [-0.15, -0.1) is 0 Å². The third kappa shape index (κ3) is 4.47. The minimum absolute atomic E-state index is 0.0661. The topological polar surface area (TPSA) is 42.0 Å². The van der Waals surface area contributed by atoms with Gasteiger partial charge in [-0.1, -0.05) is 37.2 Å². The summed E-state index contributed by atoms with van der Waals surface area (Å²) in [5.74, 6) is 0.909. The Kier molecular flexibility index (Phi) is 5.69. The molecule has 2 rings (SSSR count). The highest BCUT2D eigenvalue weighted by molar-refractivity contribution is 7.99. The Morgan fingerprint density at radius 1 is 1.13 bits per heavy atom. The maximum atomic E-state index is 12.0. The minimum atomic E-state index is 0.0661. The first-order chi connectivity index (χ1) is 10.8. The van der Waals surface area contributed by atoms with Crippen molar-refractivity contribution in [2.24, 2.45) is 5.92 Å². The highest BCUT2D eigenvalue weighted by Gasteiger charge is 2.12. The monoisotopic (exact) mass is 330 g/mol. The molecule has 0 fully saturated rings. The van der Waals surface area contributed by atoms with Gasteiger partial charge in [-0.3, -0.25) is 4.79 Å². The Morgan fingerprint density at radius 2 is 1.83 bits per heavy atom. The molecule has 1 atom stereocenters. The van der Waals surface area contributed by atoms with Gasteiger partial charge in [0.2, 0.25) is 5.91 Å². The highest BCUT2D eigenvalue weighted by Crippen LogP contribution is 2.26. The summed E-state index contributed by atoms with van der Waals surface area (Å²) in [5, 5.41) is 5.14. The fraction of sp³-hybridized carbons (Fsp3) is 0.474. The normalized spacial score (nSPS) is 12.7. The van der Waals surface area contributed by atoms with Crippen molar-refractivity contribution >= 4 is 28.6 Å². The maximum Gasteiger partial charge on any atom is 0.230 e. The molecule has 0 saturated heterocycles. The SMILES string of the molecule is Cc1cc(C)c2nc(SCC(=O)N[C@H](C)C(C)C)cc(C)c2c1. The number of nitrogens with one attached hydrogen (secondary N) is 1. The van der Waals surface area contributed by atoms with Crippen LogP contribution >= 0.6 is 11.8 Å². The first-order valence-electron chi connectivity index (χ1n) is 8.08. The van der Waals surface area contributed by atoms with Crippen LogP contribution in [0.1, 0.15) is 37.5 Å². The van der Waals surface area contributed by atoms with Crippen molar-refractivity contribution in [2.45, 2.75) is 52.6 Å². The van der Waals surface area contributed by atoms with Gasteiger partial charge in [0.1, 0.15) is 0 Å². The van der Waals surface area contributed by atoms with Crippen LogP contribution in [0.3, 0.4) is 0 Å². The first kappa shape index (κ1) is 17.8. The lowest BCUT2D eigenvalue weighted by molar-refractivity contribution is -0.119. The van der Waals surface area contributed by atoms with Crippen molar-refractivity contribution in [3.05, 3.63) is 34.9 Å². The summed E-state index contributed by atoms with van der Waals surface area (Å²) in [4.78, 5) is 16.8. The maximum absolute atomic E-state index is 12.0. The van der Waals surface area contributed by atoms with E-state index in [0.29, 0.717) is 11.7 Å². The smallest absolute Gasteiger partial charge is 0.230 e. The first-order valence-corrected chi connectivity index (χ1v) is 9.07. The van der Waals surface area contributed by atoms with E-state index in [-0.39, 0.29) is 11.9 Å². The number of aryl methyl sites for hydroxylation is 3. The number of fused-ring (bicyclic) bond motifs is 1. The summed E-state index contributed by atoms with van der Waals surface area (Å²) in [6.07, 6.45) is 0. The molecule has 0 aliphatic carbocycles. The molecule has 124 valence electrons. The lowest BCUT2D eigenvalue weighted by atomic mass is 10.0. The van der Waals surface area contributed by atoms with Gasteiger partial charge in [0.25, 0.3) is 0 Å². The van der Waals surface area contributed by atoms with Crippen LogP contribution in [0.2, 0.25) is 0 Å². The molecule has 0 bridgehead atoms. The van der Waals surface area contributed by atoms with Gasteiger partial charge >= 0.3 is 0 Å². The fourth-order valence-electron chi connectivity index (χ4n) is 2.49. The zero-order valence-electron chi connectivity index (χ0n) is 14.9. The molecular weight excluding hydrogens is 304 g/mol. The number of rotatable bonds is 5. The minimum Gasteiger partial charge on any atom is -0.353 e. The van der Waals surface area contributed by atoms with E-state index < -0.39 is 0 Å². The van der Waals surface area contributed by atoms with Crippen molar-refractivity contribution in [1.82, 2.24) is 10.3 Å². The molecule has 2 aromatic rings. The average molecular weight is 330 g/mol. The van der Waals surface area contributed by atoms with Crippen molar-refractivity contribution < 1.29 is 4.79 Å². The van der Waals surface area contributed by atoms with E-state index in [4.69, 9.17) is 4.98 Å². The predicted molar refractivity (Wildman–Crippen MR) is 99.1 cm³/mol. The van der Waals surface area contributed by atoms with E-state index in [2.05, 4.69) is 58.1 Å².